The summed E-state index contributed by atoms with van der Waals surface area (Å²) in [6, 6.07) is 8.47. The number of pyridine rings is 1. The summed E-state index contributed by atoms with van der Waals surface area (Å²) in [6.07, 6.45) is 4.58. The van der Waals surface area contributed by atoms with Gasteiger partial charge < -0.3 is 14.1 Å². The summed E-state index contributed by atoms with van der Waals surface area (Å²) in [6.45, 7) is 2.74. The Morgan fingerprint density at radius 1 is 1.16 bits per heavy atom. The molecule has 0 unspecified atom stereocenters. The molecule has 3 heterocycles. The number of furan rings is 1. The van der Waals surface area contributed by atoms with Gasteiger partial charge in [-0.3, -0.25) is 9.78 Å². The first-order valence-electron chi connectivity index (χ1n) is 10.9. The van der Waals surface area contributed by atoms with Crippen LogP contribution in [-0.2, 0) is 26.1 Å². The molecule has 1 aliphatic carbocycles. The number of nitrogens with zero attached hydrogens (tertiary/aromatic N) is 3. The molecule has 1 saturated heterocycles. The zero-order chi connectivity index (χ0) is 22.7. The second-order valence-corrected chi connectivity index (χ2v) is 9.90. The number of amides is 1. The quantitative estimate of drug-likeness (QED) is 0.555. The van der Waals surface area contributed by atoms with E-state index in [1.165, 1.54) is 16.4 Å². The van der Waals surface area contributed by atoms with E-state index in [9.17, 15) is 18.0 Å². The van der Waals surface area contributed by atoms with Crippen LogP contribution in [0.4, 0.5) is 0 Å². The van der Waals surface area contributed by atoms with E-state index in [1.807, 2.05) is 23.1 Å². The molecular weight excluding hydrogens is 434 g/mol. The average Bonchev–Trinajstić information content (AvgIpc) is 3.52. The lowest BCUT2D eigenvalue weighted by molar-refractivity contribution is -0.138. The monoisotopic (exact) mass is 461 g/mol. The molecule has 1 amide bonds. The standard InChI is InChI=1S/C22H27N3O6S/c1-2-30-22(27)19-8-9-20(31-19)32(28,29)24-13-10-16(11-14-24)21(26)25(18-6-7-18)15-17-5-3-4-12-23-17/h3-5,8-9,12,16,18H,2,6-7,10-11,13-15H2,1H3. The fourth-order valence-corrected chi connectivity index (χ4v) is 5.30. The van der Waals surface area contributed by atoms with Crippen molar-refractivity contribution in [3.8, 4) is 0 Å². The van der Waals surface area contributed by atoms with Gasteiger partial charge in [0, 0.05) is 31.2 Å². The van der Waals surface area contributed by atoms with Crippen LogP contribution in [0.25, 0.3) is 0 Å². The number of sulfonamides is 1. The summed E-state index contributed by atoms with van der Waals surface area (Å²) in [5.74, 6) is -1.01. The van der Waals surface area contributed by atoms with Crippen LogP contribution in [0, 0.1) is 5.92 Å². The molecule has 0 bridgehead atoms. The highest BCUT2D eigenvalue weighted by Crippen LogP contribution is 2.32. The third-order valence-electron chi connectivity index (χ3n) is 5.78. The number of ether oxygens (including phenoxy) is 1. The molecule has 4 rings (SSSR count). The van der Waals surface area contributed by atoms with E-state index in [0.717, 1.165) is 18.5 Å². The summed E-state index contributed by atoms with van der Waals surface area (Å²) >= 11 is 0. The Morgan fingerprint density at radius 2 is 1.91 bits per heavy atom. The number of piperidine rings is 1. The number of rotatable bonds is 8. The highest BCUT2D eigenvalue weighted by atomic mass is 32.2. The van der Waals surface area contributed by atoms with Crippen LogP contribution in [0.1, 0.15) is 48.9 Å². The molecule has 0 N–H and O–H groups in total. The zero-order valence-corrected chi connectivity index (χ0v) is 18.8. The predicted molar refractivity (Wildman–Crippen MR) is 114 cm³/mol. The van der Waals surface area contributed by atoms with Crippen molar-refractivity contribution in [1.82, 2.24) is 14.2 Å². The van der Waals surface area contributed by atoms with Gasteiger partial charge in [-0.05, 0) is 56.9 Å². The highest BCUT2D eigenvalue weighted by molar-refractivity contribution is 7.89. The van der Waals surface area contributed by atoms with Gasteiger partial charge >= 0.3 is 5.97 Å². The molecule has 10 heteroatoms. The van der Waals surface area contributed by atoms with Crippen LogP contribution >= 0.6 is 0 Å². The number of esters is 1. The van der Waals surface area contributed by atoms with Crippen molar-refractivity contribution in [3.63, 3.8) is 0 Å². The van der Waals surface area contributed by atoms with Crippen LogP contribution < -0.4 is 0 Å². The molecule has 2 fully saturated rings. The van der Waals surface area contributed by atoms with E-state index in [1.54, 1.807) is 13.1 Å². The molecule has 9 nitrogen and oxygen atoms in total. The van der Waals surface area contributed by atoms with Crippen molar-refractivity contribution < 1.29 is 27.2 Å². The molecule has 0 atom stereocenters. The third kappa shape index (κ3) is 4.86. The van der Waals surface area contributed by atoms with Gasteiger partial charge in [-0.15, -0.1) is 0 Å². The second kappa shape index (κ2) is 9.41. The molecule has 2 aromatic rings. The summed E-state index contributed by atoms with van der Waals surface area (Å²) in [4.78, 5) is 31.2. The van der Waals surface area contributed by atoms with Crippen molar-refractivity contribution in [1.29, 1.82) is 0 Å². The van der Waals surface area contributed by atoms with E-state index in [0.29, 0.717) is 19.4 Å². The molecule has 0 aromatic carbocycles. The molecule has 1 saturated carbocycles. The molecule has 172 valence electrons. The number of carbonyl (C=O) groups is 2. The third-order valence-corrected chi connectivity index (χ3v) is 7.56. The van der Waals surface area contributed by atoms with Gasteiger partial charge in [0.15, 0.2) is 0 Å². The Kier molecular flexibility index (Phi) is 6.61. The number of hydrogen-bond acceptors (Lipinski definition) is 7. The maximum atomic E-state index is 13.2. The maximum absolute atomic E-state index is 13.2. The first-order chi connectivity index (χ1) is 15.4. The van der Waals surface area contributed by atoms with E-state index >= 15 is 0 Å². The first kappa shape index (κ1) is 22.5. The number of carbonyl (C=O) groups excluding carboxylic acids is 2. The van der Waals surface area contributed by atoms with Crippen molar-refractivity contribution in [2.24, 2.45) is 5.92 Å². The fraction of sp³-hybridized carbons (Fsp3) is 0.500. The Balaban J connectivity index is 1.38. The summed E-state index contributed by atoms with van der Waals surface area (Å²) < 4.78 is 37.3. The van der Waals surface area contributed by atoms with Gasteiger partial charge in [0.2, 0.25) is 16.8 Å². The van der Waals surface area contributed by atoms with Gasteiger partial charge in [0.05, 0.1) is 18.8 Å². The molecule has 0 spiro atoms. The average molecular weight is 462 g/mol. The Morgan fingerprint density at radius 3 is 2.53 bits per heavy atom. The number of aromatic nitrogens is 1. The molecule has 32 heavy (non-hydrogen) atoms. The normalized spacial score (nSPS) is 17.8. The summed E-state index contributed by atoms with van der Waals surface area (Å²) in [7, 11) is -3.89. The Hall–Kier alpha value is -2.72. The molecule has 2 aliphatic rings. The van der Waals surface area contributed by atoms with Crippen LogP contribution in [0.3, 0.4) is 0 Å². The Labute approximate surface area is 187 Å². The fourth-order valence-electron chi connectivity index (χ4n) is 3.91. The van der Waals surface area contributed by atoms with Gasteiger partial charge in [0.1, 0.15) is 0 Å². The largest absolute Gasteiger partial charge is 0.460 e. The van der Waals surface area contributed by atoms with E-state index in [4.69, 9.17) is 9.15 Å². The highest BCUT2D eigenvalue weighted by Gasteiger charge is 2.39. The smallest absolute Gasteiger partial charge is 0.374 e. The van der Waals surface area contributed by atoms with E-state index < -0.39 is 16.0 Å². The van der Waals surface area contributed by atoms with Crippen molar-refractivity contribution in [2.75, 3.05) is 19.7 Å². The molecule has 2 aromatic heterocycles. The first-order valence-corrected chi connectivity index (χ1v) is 12.3. The van der Waals surface area contributed by atoms with Gasteiger partial charge in [-0.25, -0.2) is 13.2 Å². The molecule has 0 radical (unpaired) electrons. The van der Waals surface area contributed by atoms with Crippen molar-refractivity contribution >= 4 is 21.9 Å². The van der Waals surface area contributed by atoms with Crippen molar-refractivity contribution in [3.05, 3.63) is 48.0 Å². The SMILES string of the molecule is CCOC(=O)c1ccc(S(=O)(=O)N2CCC(C(=O)N(Cc3ccccn3)C3CC3)CC2)o1. The minimum atomic E-state index is -3.89. The van der Waals surface area contributed by atoms with Crippen LogP contribution in [0.5, 0.6) is 0 Å². The van der Waals surface area contributed by atoms with Gasteiger partial charge in [-0.1, -0.05) is 6.07 Å². The van der Waals surface area contributed by atoms with Crippen LogP contribution in [0.15, 0.2) is 46.0 Å². The van der Waals surface area contributed by atoms with Gasteiger partial charge in [-0.2, -0.15) is 4.31 Å². The maximum Gasteiger partial charge on any atom is 0.374 e. The number of hydrogen-bond donors (Lipinski definition) is 0. The second-order valence-electron chi connectivity index (χ2n) is 8.04. The van der Waals surface area contributed by atoms with E-state index in [-0.39, 0.29) is 48.4 Å². The summed E-state index contributed by atoms with van der Waals surface area (Å²) in [5, 5.41) is -0.292. The summed E-state index contributed by atoms with van der Waals surface area (Å²) in [5.41, 5.74) is 0.850. The molecule has 1 aliphatic heterocycles. The topological polar surface area (TPSA) is 110 Å². The lowest BCUT2D eigenvalue weighted by Crippen LogP contribution is -2.44. The predicted octanol–water partition coefficient (Wildman–Crippen LogP) is 2.44. The Bertz CT molecular complexity index is 1060. The van der Waals surface area contributed by atoms with E-state index in [2.05, 4.69) is 4.98 Å². The van der Waals surface area contributed by atoms with Crippen LogP contribution in [-0.4, -0.2) is 60.2 Å². The van der Waals surface area contributed by atoms with Crippen LogP contribution in [0.2, 0.25) is 0 Å². The lowest BCUT2D eigenvalue weighted by Gasteiger charge is -2.33. The lowest BCUT2D eigenvalue weighted by atomic mass is 9.96. The minimum absolute atomic E-state index is 0.0674. The molecular formula is C22H27N3O6S. The van der Waals surface area contributed by atoms with Crippen molar-refractivity contribution in [2.45, 2.75) is 50.3 Å². The minimum Gasteiger partial charge on any atom is -0.460 e. The van der Waals surface area contributed by atoms with Gasteiger partial charge in [0.25, 0.3) is 10.0 Å². The zero-order valence-electron chi connectivity index (χ0n) is 18.0.